The molecule has 1 atom stereocenters. The van der Waals surface area contributed by atoms with E-state index in [1.54, 1.807) is 0 Å². The first-order valence-corrected chi connectivity index (χ1v) is 5.57. The van der Waals surface area contributed by atoms with Gasteiger partial charge < -0.3 is 10.1 Å². The summed E-state index contributed by atoms with van der Waals surface area (Å²) in [7, 11) is 0. The summed E-state index contributed by atoms with van der Waals surface area (Å²) < 4.78 is 5.99. The van der Waals surface area contributed by atoms with E-state index in [1.165, 1.54) is 32.1 Å². The SMILES string of the molecule is CC1(C)CCCC(CNC2CC2)O1. The third kappa shape index (κ3) is 2.96. The lowest BCUT2D eigenvalue weighted by molar-refractivity contribution is -0.104. The molecule has 1 saturated carbocycles. The average Bonchev–Trinajstić information content (AvgIpc) is 2.82. The molecule has 0 spiro atoms. The number of ether oxygens (including phenoxy) is 1. The summed E-state index contributed by atoms with van der Waals surface area (Å²) in [4.78, 5) is 0. The Kier molecular flexibility index (Phi) is 2.61. The lowest BCUT2D eigenvalue weighted by atomic mass is 9.95. The van der Waals surface area contributed by atoms with E-state index in [4.69, 9.17) is 4.74 Å². The first-order chi connectivity index (χ1) is 6.16. The Bertz CT molecular complexity index is 175. The van der Waals surface area contributed by atoms with Crippen LogP contribution in [0.2, 0.25) is 0 Å². The summed E-state index contributed by atoms with van der Waals surface area (Å²) in [5.74, 6) is 0. The molecule has 0 aromatic heterocycles. The van der Waals surface area contributed by atoms with E-state index in [2.05, 4.69) is 19.2 Å². The molecule has 1 unspecified atom stereocenters. The molecule has 0 amide bonds. The molecule has 2 fully saturated rings. The lowest BCUT2D eigenvalue weighted by Crippen LogP contribution is -2.41. The highest BCUT2D eigenvalue weighted by Gasteiger charge is 2.29. The van der Waals surface area contributed by atoms with Crippen LogP contribution in [0.15, 0.2) is 0 Å². The van der Waals surface area contributed by atoms with Gasteiger partial charge in [-0.05, 0) is 46.0 Å². The van der Waals surface area contributed by atoms with Gasteiger partial charge in [0, 0.05) is 12.6 Å². The largest absolute Gasteiger partial charge is 0.371 e. The van der Waals surface area contributed by atoms with Gasteiger partial charge in [0.15, 0.2) is 0 Å². The number of nitrogens with one attached hydrogen (secondary N) is 1. The molecule has 1 heterocycles. The minimum Gasteiger partial charge on any atom is -0.371 e. The van der Waals surface area contributed by atoms with Crippen LogP contribution in [0.25, 0.3) is 0 Å². The fraction of sp³-hybridized carbons (Fsp3) is 1.00. The maximum atomic E-state index is 5.99. The summed E-state index contributed by atoms with van der Waals surface area (Å²) in [5.41, 5.74) is 0.119. The van der Waals surface area contributed by atoms with E-state index in [9.17, 15) is 0 Å². The van der Waals surface area contributed by atoms with Crippen molar-refractivity contribution in [2.75, 3.05) is 6.54 Å². The molecule has 2 rings (SSSR count). The predicted molar refractivity (Wildman–Crippen MR) is 53.8 cm³/mol. The molecule has 0 aromatic carbocycles. The van der Waals surface area contributed by atoms with Crippen LogP contribution in [0.3, 0.4) is 0 Å². The van der Waals surface area contributed by atoms with Crippen molar-refractivity contribution < 1.29 is 4.74 Å². The van der Waals surface area contributed by atoms with E-state index in [0.717, 1.165) is 12.6 Å². The van der Waals surface area contributed by atoms with Crippen molar-refractivity contribution in [2.24, 2.45) is 0 Å². The van der Waals surface area contributed by atoms with Gasteiger partial charge in [-0.2, -0.15) is 0 Å². The fourth-order valence-corrected chi connectivity index (χ4v) is 2.05. The van der Waals surface area contributed by atoms with Crippen molar-refractivity contribution in [1.29, 1.82) is 0 Å². The minimum absolute atomic E-state index is 0.119. The zero-order valence-electron chi connectivity index (χ0n) is 8.81. The second kappa shape index (κ2) is 3.58. The Morgan fingerprint density at radius 3 is 2.69 bits per heavy atom. The van der Waals surface area contributed by atoms with E-state index in [1.807, 2.05) is 0 Å². The third-order valence-corrected chi connectivity index (χ3v) is 3.00. The van der Waals surface area contributed by atoms with Gasteiger partial charge in [-0.3, -0.25) is 0 Å². The molecule has 1 N–H and O–H groups in total. The van der Waals surface area contributed by atoms with Gasteiger partial charge in [0.25, 0.3) is 0 Å². The van der Waals surface area contributed by atoms with Crippen molar-refractivity contribution in [3.63, 3.8) is 0 Å². The maximum absolute atomic E-state index is 5.99. The predicted octanol–water partition coefficient (Wildman–Crippen LogP) is 2.09. The van der Waals surface area contributed by atoms with Crippen LogP contribution >= 0.6 is 0 Å². The van der Waals surface area contributed by atoms with E-state index >= 15 is 0 Å². The first-order valence-electron chi connectivity index (χ1n) is 5.57. The summed E-state index contributed by atoms with van der Waals surface area (Å²) in [6, 6.07) is 0.814. The summed E-state index contributed by atoms with van der Waals surface area (Å²) >= 11 is 0. The monoisotopic (exact) mass is 183 g/mol. The van der Waals surface area contributed by atoms with Crippen LogP contribution in [-0.4, -0.2) is 24.3 Å². The van der Waals surface area contributed by atoms with Crippen LogP contribution in [0, 0.1) is 0 Å². The van der Waals surface area contributed by atoms with Gasteiger partial charge in [-0.1, -0.05) is 0 Å². The Morgan fingerprint density at radius 2 is 2.08 bits per heavy atom. The van der Waals surface area contributed by atoms with E-state index in [-0.39, 0.29) is 5.60 Å². The molecule has 0 bridgehead atoms. The third-order valence-electron chi connectivity index (χ3n) is 3.00. The second-order valence-electron chi connectivity index (χ2n) is 5.07. The molecule has 2 heteroatoms. The minimum atomic E-state index is 0.119. The molecule has 13 heavy (non-hydrogen) atoms. The topological polar surface area (TPSA) is 21.3 Å². The maximum Gasteiger partial charge on any atom is 0.0706 e. The van der Waals surface area contributed by atoms with Crippen LogP contribution in [0.1, 0.15) is 46.0 Å². The average molecular weight is 183 g/mol. The quantitative estimate of drug-likeness (QED) is 0.723. The van der Waals surface area contributed by atoms with Gasteiger partial charge >= 0.3 is 0 Å². The first kappa shape index (κ1) is 9.47. The van der Waals surface area contributed by atoms with Gasteiger partial charge in [0.1, 0.15) is 0 Å². The van der Waals surface area contributed by atoms with Crippen LogP contribution < -0.4 is 5.32 Å². The highest BCUT2D eigenvalue weighted by Crippen LogP contribution is 2.28. The van der Waals surface area contributed by atoms with Crippen molar-refractivity contribution in [2.45, 2.75) is 63.7 Å². The molecular weight excluding hydrogens is 162 g/mol. The number of rotatable bonds is 3. The summed E-state index contributed by atoms with van der Waals surface area (Å²) in [6.45, 7) is 5.47. The molecule has 1 saturated heterocycles. The Labute approximate surface area is 81.0 Å². The molecule has 1 aliphatic heterocycles. The van der Waals surface area contributed by atoms with Crippen molar-refractivity contribution in [3.05, 3.63) is 0 Å². The summed E-state index contributed by atoms with van der Waals surface area (Å²) in [6.07, 6.45) is 6.98. The molecule has 1 aliphatic carbocycles. The Hall–Kier alpha value is -0.0800. The number of hydrogen-bond donors (Lipinski definition) is 1. The van der Waals surface area contributed by atoms with E-state index in [0.29, 0.717) is 6.10 Å². The zero-order chi connectivity index (χ0) is 9.31. The molecule has 2 aliphatic rings. The molecular formula is C11H21NO. The highest BCUT2D eigenvalue weighted by molar-refractivity contribution is 4.84. The standard InChI is InChI=1S/C11H21NO/c1-11(2)7-3-4-10(13-11)8-12-9-5-6-9/h9-10,12H,3-8H2,1-2H3. The summed E-state index contributed by atoms with van der Waals surface area (Å²) in [5, 5.41) is 3.54. The fourth-order valence-electron chi connectivity index (χ4n) is 2.05. The van der Waals surface area contributed by atoms with Crippen LogP contribution in [0.5, 0.6) is 0 Å². The Balaban J connectivity index is 1.71. The molecule has 2 nitrogen and oxygen atoms in total. The smallest absolute Gasteiger partial charge is 0.0706 e. The number of hydrogen-bond acceptors (Lipinski definition) is 2. The zero-order valence-corrected chi connectivity index (χ0v) is 8.81. The van der Waals surface area contributed by atoms with Crippen LogP contribution in [-0.2, 0) is 4.74 Å². The lowest BCUT2D eigenvalue weighted by Gasteiger charge is -2.36. The molecule has 0 aromatic rings. The van der Waals surface area contributed by atoms with Gasteiger partial charge in [-0.15, -0.1) is 0 Å². The Morgan fingerprint density at radius 1 is 1.31 bits per heavy atom. The normalized spacial score (nSPS) is 33.2. The van der Waals surface area contributed by atoms with E-state index < -0.39 is 0 Å². The molecule has 76 valence electrons. The van der Waals surface area contributed by atoms with Crippen molar-refractivity contribution in [3.8, 4) is 0 Å². The van der Waals surface area contributed by atoms with Gasteiger partial charge in [-0.25, -0.2) is 0 Å². The highest BCUT2D eigenvalue weighted by atomic mass is 16.5. The van der Waals surface area contributed by atoms with Crippen LogP contribution in [0.4, 0.5) is 0 Å². The van der Waals surface area contributed by atoms with Gasteiger partial charge in [0.2, 0.25) is 0 Å². The van der Waals surface area contributed by atoms with Crippen molar-refractivity contribution >= 4 is 0 Å². The second-order valence-corrected chi connectivity index (χ2v) is 5.07. The van der Waals surface area contributed by atoms with Gasteiger partial charge in [0.05, 0.1) is 11.7 Å². The molecule has 0 radical (unpaired) electrons. The van der Waals surface area contributed by atoms with Crippen molar-refractivity contribution in [1.82, 2.24) is 5.32 Å².